The molecule has 1 amide bonds. The molecule has 0 aromatic rings. The predicted molar refractivity (Wildman–Crippen MR) is 59.2 cm³/mol. The molecule has 1 fully saturated rings. The summed E-state index contributed by atoms with van der Waals surface area (Å²) in [5, 5.41) is 9.10. The molecule has 1 rings (SSSR count). The standard InChI is InChI=1S/C11H21NO4/c1-8(2)15-10(14)12-5-9(6-13)16-11(3,4)7-12/h8-9,13H,5-7H2,1-4H3. The van der Waals surface area contributed by atoms with E-state index in [4.69, 9.17) is 14.6 Å². The summed E-state index contributed by atoms with van der Waals surface area (Å²) in [6, 6.07) is 0. The lowest BCUT2D eigenvalue weighted by Crippen LogP contribution is -2.55. The van der Waals surface area contributed by atoms with Gasteiger partial charge in [0, 0.05) is 0 Å². The molecular formula is C11H21NO4. The summed E-state index contributed by atoms with van der Waals surface area (Å²) in [6.07, 6.45) is -0.806. The molecule has 0 aromatic heterocycles. The maximum atomic E-state index is 11.7. The molecule has 1 saturated heterocycles. The molecule has 0 bridgehead atoms. The summed E-state index contributed by atoms with van der Waals surface area (Å²) in [5.74, 6) is 0. The average molecular weight is 231 g/mol. The third-order valence-corrected chi connectivity index (χ3v) is 2.28. The molecule has 0 spiro atoms. The minimum Gasteiger partial charge on any atom is -0.447 e. The van der Waals surface area contributed by atoms with Crippen molar-refractivity contribution >= 4 is 6.09 Å². The first kappa shape index (κ1) is 13.3. The molecule has 1 atom stereocenters. The van der Waals surface area contributed by atoms with E-state index < -0.39 is 5.60 Å². The van der Waals surface area contributed by atoms with Crippen molar-refractivity contribution in [1.82, 2.24) is 4.90 Å². The van der Waals surface area contributed by atoms with E-state index in [1.54, 1.807) is 4.90 Å². The Morgan fingerprint density at radius 1 is 1.62 bits per heavy atom. The first-order chi connectivity index (χ1) is 7.34. The number of nitrogens with zero attached hydrogens (tertiary/aromatic N) is 1. The van der Waals surface area contributed by atoms with E-state index >= 15 is 0 Å². The number of morpholine rings is 1. The molecule has 0 aromatic carbocycles. The van der Waals surface area contributed by atoms with Crippen molar-refractivity contribution in [3.63, 3.8) is 0 Å². The molecule has 0 aliphatic carbocycles. The molecule has 1 N–H and O–H groups in total. The SMILES string of the molecule is CC(C)OC(=O)N1CC(CO)OC(C)(C)C1. The van der Waals surface area contributed by atoms with Crippen molar-refractivity contribution in [3.05, 3.63) is 0 Å². The molecule has 1 unspecified atom stereocenters. The highest BCUT2D eigenvalue weighted by atomic mass is 16.6. The van der Waals surface area contributed by atoms with E-state index in [1.165, 1.54) is 0 Å². The van der Waals surface area contributed by atoms with Crippen molar-refractivity contribution in [2.75, 3.05) is 19.7 Å². The van der Waals surface area contributed by atoms with Gasteiger partial charge in [-0.05, 0) is 27.7 Å². The van der Waals surface area contributed by atoms with Crippen molar-refractivity contribution in [2.24, 2.45) is 0 Å². The molecule has 5 nitrogen and oxygen atoms in total. The number of aliphatic hydroxyl groups excluding tert-OH is 1. The van der Waals surface area contributed by atoms with Gasteiger partial charge in [-0.3, -0.25) is 0 Å². The Kier molecular flexibility index (Phi) is 4.15. The van der Waals surface area contributed by atoms with Gasteiger partial charge in [-0.25, -0.2) is 4.79 Å². The topological polar surface area (TPSA) is 59.0 Å². The Morgan fingerprint density at radius 3 is 2.75 bits per heavy atom. The number of hydrogen-bond donors (Lipinski definition) is 1. The second kappa shape index (κ2) is 5.01. The maximum Gasteiger partial charge on any atom is 0.410 e. The molecule has 1 aliphatic heterocycles. The molecular weight excluding hydrogens is 210 g/mol. The number of hydrogen-bond acceptors (Lipinski definition) is 4. The summed E-state index contributed by atoms with van der Waals surface area (Å²) >= 11 is 0. The first-order valence-corrected chi connectivity index (χ1v) is 5.58. The smallest absolute Gasteiger partial charge is 0.410 e. The van der Waals surface area contributed by atoms with Crippen LogP contribution in [0.4, 0.5) is 4.79 Å². The van der Waals surface area contributed by atoms with Crippen LogP contribution in [0.25, 0.3) is 0 Å². The van der Waals surface area contributed by atoms with Gasteiger partial charge in [0.2, 0.25) is 0 Å². The fourth-order valence-corrected chi connectivity index (χ4v) is 1.81. The third-order valence-electron chi connectivity index (χ3n) is 2.28. The predicted octanol–water partition coefficient (Wildman–Crippen LogP) is 1.00. The molecule has 0 saturated carbocycles. The van der Waals surface area contributed by atoms with Gasteiger partial charge in [0.1, 0.15) is 0 Å². The summed E-state index contributed by atoms with van der Waals surface area (Å²) in [7, 11) is 0. The molecule has 16 heavy (non-hydrogen) atoms. The second-order valence-electron chi connectivity index (χ2n) is 5.00. The lowest BCUT2D eigenvalue weighted by Gasteiger charge is -2.41. The molecule has 1 aliphatic rings. The monoisotopic (exact) mass is 231 g/mol. The van der Waals surface area contributed by atoms with Gasteiger partial charge in [-0.15, -0.1) is 0 Å². The zero-order chi connectivity index (χ0) is 12.3. The number of rotatable bonds is 2. The van der Waals surface area contributed by atoms with Crippen LogP contribution in [-0.4, -0.2) is 53.6 Å². The van der Waals surface area contributed by atoms with Gasteiger partial charge >= 0.3 is 6.09 Å². The lowest BCUT2D eigenvalue weighted by atomic mass is 10.1. The Hall–Kier alpha value is -0.810. The number of carbonyl (C=O) groups excluding carboxylic acids is 1. The number of ether oxygens (including phenoxy) is 2. The molecule has 0 radical (unpaired) electrons. The van der Waals surface area contributed by atoms with Gasteiger partial charge in [0.25, 0.3) is 0 Å². The first-order valence-electron chi connectivity index (χ1n) is 5.58. The van der Waals surface area contributed by atoms with E-state index in [1.807, 2.05) is 27.7 Å². The van der Waals surface area contributed by atoms with Gasteiger partial charge < -0.3 is 19.5 Å². The highest BCUT2D eigenvalue weighted by Gasteiger charge is 2.36. The van der Waals surface area contributed by atoms with Crippen molar-refractivity contribution in [3.8, 4) is 0 Å². The summed E-state index contributed by atoms with van der Waals surface area (Å²) in [5.41, 5.74) is -0.443. The highest BCUT2D eigenvalue weighted by molar-refractivity contribution is 5.68. The van der Waals surface area contributed by atoms with Crippen LogP contribution in [0.15, 0.2) is 0 Å². The van der Waals surface area contributed by atoms with Gasteiger partial charge in [0.05, 0.1) is 37.5 Å². The molecule has 5 heteroatoms. The quantitative estimate of drug-likeness (QED) is 0.770. The lowest BCUT2D eigenvalue weighted by molar-refractivity contribution is -0.143. The zero-order valence-electron chi connectivity index (χ0n) is 10.4. The second-order valence-corrected chi connectivity index (χ2v) is 5.00. The minimum atomic E-state index is -0.443. The number of carbonyl (C=O) groups is 1. The van der Waals surface area contributed by atoms with Gasteiger partial charge in [0.15, 0.2) is 0 Å². The number of amides is 1. The van der Waals surface area contributed by atoms with E-state index in [9.17, 15) is 4.79 Å². The molecule has 94 valence electrons. The van der Waals surface area contributed by atoms with Crippen LogP contribution < -0.4 is 0 Å². The van der Waals surface area contributed by atoms with E-state index in [0.717, 1.165) is 0 Å². The van der Waals surface area contributed by atoms with E-state index in [0.29, 0.717) is 13.1 Å². The van der Waals surface area contributed by atoms with E-state index in [2.05, 4.69) is 0 Å². The van der Waals surface area contributed by atoms with E-state index in [-0.39, 0.29) is 24.9 Å². The maximum absolute atomic E-state index is 11.7. The average Bonchev–Trinajstić information content (AvgIpc) is 2.14. The van der Waals surface area contributed by atoms with Crippen LogP contribution >= 0.6 is 0 Å². The zero-order valence-corrected chi connectivity index (χ0v) is 10.4. The Morgan fingerprint density at radius 2 is 2.25 bits per heavy atom. The largest absolute Gasteiger partial charge is 0.447 e. The van der Waals surface area contributed by atoms with Gasteiger partial charge in [-0.1, -0.05) is 0 Å². The fourth-order valence-electron chi connectivity index (χ4n) is 1.81. The van der Waals surface area contributed by atoms with Gasteiger partial charge in [-0.2, -0.15) is 0 Å². The number of aliphatic hydroxyl groups is 1. The summed E-state index contributed by atoms with van der Waals surface area (Å²) in [6.45, 7) is 8.18. The fraction of sp³-hybridized carbons (Fsp3) is 0.909. The third kappa shape index (κ3) is 3.64. The van der Waals surface area contributed by atoms with Crippen LogP contribution in [0.5, 0.6) is 0 Å². The normalized spacial score (nSPS) is 24.6. The van der Waals surface area contributed by atoms with Crippen LogP contribution in [0.3, 0.4) is 0 Å². The molecule has 1 heterocycles. The Labute approximate surface area is 96.3 Å². The van der Waals surface area contributed by atoms with Crippen LogP contribution in [0, 0.1) is 0 Å². The van der Waals surface area contributed by atoms with Crippen molar-refractivity contribution in [2.45, 2.75) is 45.5 Å². The summed E-state index contributed by atoms with van der Waals surface area (Å²) < 4.78 is 10.7. The van der Waals surface area contributed by atoms with Crippen molar-refractivity contribution in [1.29, 1.82) is 0 Å². The van der Waals surface area contributed by atoms with Crippen molar-refractivity contribution < 1.29 is 19.4 Å². The Bertz CT molecular complexity index is 252. The summed E-state index contributed by atoms with van der Waals surface area (Å²) in [4.78, 5) is 13.3. The van der Waals surface area contributed by atoms with Crippen LogP contribution in [0.1, 0.15) is 27.7 Å². The highest BCUT2D eigenvalue weighted by Crippen LogP contribution is 2.21. The Balaban J connectivity index is 2.62. The van der Waals surface area contributed by atoms with Crippen LogP contribution in [-0.2, 0) is 9.47 Å². The van der Waals surface area contributed by atoms with Crippen LogP contribution in [0.2, 0.25) is 0 Å². The minimum absolute atomic E-state index is 0.0884.